The number of hydrogen-bond donors (Lipinski definition) is 0. The van der Waals surface area contributed by atoms with E-state index in [0.717, 1.165) is 6.42 Å². The van der Waals surface area contributed by atoms with Gasteiger partial charge in [0.25, 0.3) is 0 Å². The van der Waals surface area contributed by atoms with Crippen LogP contribution in [0.5, 0.6) is 0 Å². The van der Waals surface area contributed by atoms with Gasteiger partial charge < -0.3 is 9.47 Å². The van der Waals surface area contributed by atoms with E-state index >= 15 is 0 Å². The second-order valence-electron chi connectivity index (χ2n) is 2.27. The maximum absolute atomic E-state index is 10.8. The molecule has 0 saturated heterocycles. The Morgan fingerprint density at radius 2 is 1.82 bits per heavy atom. The fourth-order valence-corrected chi connectivity index (χ4v) is 0.705. The quantitative estimate of drug-likeness (QED) is 0.558. The van der Waals surface area contributed by atoms with Crippen molar-refractivity contribution in [3.05, 3.63) is 0 Å². The third kappa shape index (κ3) is 5.18. The number of rotatable bonds is 6. The van der Waals surface area contributed by atoms with Crippen LogP contribution in [0.3, 0.4) is 0 Å². The maximum atomic E-state index is 10.8. The van der Waals surface area contributed by atoms with Crippen molar-refractivity contribution in [2.24, 2.45) is 0 Å². The lowest BCUT2D eigenvalue weighted by atomic mass is 10.4. The summed E-state index contributed by atoms with van der Waals surface area (Å²) in [6, 6.07) is 0. The molecule has 0 heterocycles. The molecule has 0 aromatic carbocycles. The molecule has 2 atom stereocenters. The maximum Gasteiger partial charge on any atom is 0.194 e. The van der Waals surface area contributed by atoms with Gasteiger partial charge in [0.05, 0.1) is 0 Å². The Balaban J connectivity index is 3.49. The summed E-state index contributed by atoms with van der Waals surface area (Å²) < 4.78 is 10.2. The van der Waals surface area contributed by atoms with Crippen LogP contribution in [-0.2, 0) is 14.6 Å². The number of hydrogen-bond acceptors (Lipinski definition) is 2. The molecule has 3 nitrogen and oxygen atoms in total. The van der Waals surface area contributed by atoms with Crippen molar-refractivity contribution in [2.75, 3.05) is 6.61 Å². The first-order valence-corrected chi connectivity index (χ1v) is 4.17. The van der Waals surface area contributed by atoms with Crippen LogP contribution >= 0.6 is 0 Å². The third-order valence-electron chi connectivity index (χ3n) is 1.32. The predicted octanol–water partition coefficient (Wildman–Crippen LogP) is 1.94. The molecule has 1 radical (unpaired) electrons. The van der Waals surface area contributed by atoms with Crippen molar-refractivity contribution in [1.29, 1.82) is 0 Å². The molecule has 0 bridgehead atoms. The van der Waals surface area contributed by atoms with Crippen molar-refractivity contribution < 1.29 is 14.6 Å². The average Bonchev–Trinajstić information content (AvgIpc) is 2.03. The molecular weight excluding hydrogens is 144 g/mol. The second-order valence-corrected chi connectivity index (χ2v) is 2.27. The van der Waals surface area contributed by atoms with E-state index < -0.39 is 6.29 Å². The van der Waals surface area contributed by atoms with Crippen LogP contribution in [0.25, 0.3) is 0 Å². The van der Waals surface area contributed by atoms with Crippen LogP contribution in [0.2, 0.25) is 0 Å². The summed E-state index contributed by atoms with van der Waals surface area (Å²) in [6.45, 7) is 6.21. The Bertz CT molecular complexity index is 85.4. The van der Waals surface area contributed by atoms with Gasteiger partial charge in [-0.05, 0) is 19.8 Å². The summed E-state index contributed by atoms with van der Waals surface area (Å²) in [6.07, 6.45) is -0.0372. The topological polar surface area (TPSA) is 38.4 Å². The summed E-state index contributed by atoms with van der Waals surface area (Å²) in [5, 5.41) is 10.8. The van der Waals surface area contributed by atoms with Gasteiger partial charge in [-0.25, -0.2) is 5.11 Å². The van der Waals surface area contributed by atoms with Crippen LogP contribution in [0.1, 0.15) is 33.6 Å². The van der Waals surface area contributed by atoms with Crippen molar-refractivity contribution in [3.8, 4) is 0 Å². The minimum atomic E-state index is -0.938. The zero-order chi connectivity index (χ0) is 8.69. The van der Waals surface area contributed by atoms with Gasteiger partial charge >= 0.3 is 0 Å². The molecule has 0 saturated carbocycles. The summed E-state index contributed by atoms with van der Waals surface area (Å²) >= 11 is 0. The Labute approximate surface area is 68.3 Å². The minimum Gasteiger partial charge on any atom is -0.353 e. The molecule has 3 heteroatoms. The van der Waals surface area contributed by atoms with Gasteiger partial charge in [-0.15, -0.1) is 0 Å². The average molecular weight is 161 g/mol. The van der Waals surface area contributed by atoms with Gasteiger partial charge in [-0.1, -0.05) is 13.8 Å². The van der Waals surface area contributed by atoms with E-state index in [0.29, 0.717) is 13.0 Å². The highest BCUT2D eigenvalue weighted by atomic mass is 16.7. The molecule has 0 aliphatic carbocycles. The molecule has 0 aromatic heterocycles. The highest BCUT2D eigenvalue weighted by Crippen LogP contribution is 2.05. The van der Waals surface area contributed by atoms with Crippen LogP contribution in [0.4, 0.5) is 0 Å². The van der Waals surface area contributed by atoms with E-state index in [1.54, 1.807) is 6.92 Å². The lowest BCUT2D eigenvalue weighted by molar-refractivity contribution is -0.247. The largest absolute Gasteiger partial charge is 0.353 e. The smallest absolute Gasteiger partial charge is 0.194 e. The van der Waals surface area contributed by atoms with Crippen molar-refractivity contribution in [2.45, 2.75) is 46.2 Å². The van der Waals surface area contributed by atoms with Crippen molar-refractivity contribution >= 4 is 0 Å². The molecule has 0 rings (SSSR count). The fourth-order valence-electron chi connectivity index (χ4n) is 0.705. The fraction of sp³-hybridized carbons (Fsp3) is 1.00. The molecule has 0 aromatic rings. The van der Waals surface area contributed by atoms with Crippen LogP contribution in [0.15, 0.2) is 0 Å². The third-order valence-corrected chi connectivity index (χ3v) is 1.32. The zero-order valence-electron chi connectivity index (χ0n) is 7.50. The Kier molecular flexibility index (Phi) is 6.51. The number of ether oxygens (including phenoxy) is 2. The SMILES string of the molecule is CCOC(CC)OC([O])CC. The first kappa shape index (κ1) is 10.9. The summed E-state index contributed by atoms with van der Waals surface area (Å²) in [4.78, 5) is 0. The van der Waals surface area contributed by atoms with Gasteiger partial charge in [-0.3, -0.25) is 0 Å². The Hall–Kier alpha value is -0.120. The van der Waals surface area contributed by atoms with Gasteiger partial charge in [0.2, 0.25) is 0 Å². The molecule has 67 valence electrons. The van der Waals surface area contributed by atoms with E-state index in [1.165, 1.54) is 0 Å². The molecule has 0 amide bonds. The van der Waals surface area contributed by atoms with Gasteiger partial charge in [-0.2, -0.15) is 0 Å². The zero-order valence-corrected chi connectivity index (χ0v) is 7.50. The molecular formula is C8H17O3. The Morgan fingerprint density at radius 3 is 2.18 bits per heavy atom. The van der Waals surface area contributed by atoms with Crippen molar-refractivity contribution in [3.63, 3.8) is 0 Å². The standard InChI is InChI=1S/C8H17O3/c1-4-7(9)11-8(5-2)10-6-3/h7-8H,4-6H2,1-3H3. The van der Waals surface area contributed by atoms with Gasteiger partial charge in [0.1, 0.15) is 0 Å². The van der Waals surface area contributed by atoms with Gasteiger partial charge in [0.15, 0.2) is 12.6 Å². The predicted molar refractivity (Wildman–Crippen MR) is 41.6 cm³/mol. The van der Waals surface area contributed by atoms with E-state index in [9.17, 15) is 5.11 Å². The van der Waals surface area contributed by atoms with Crippen LogP contribution < -0.4 is 0 Å². The highest BCUT2D eigenvalue weighted by molar-refractivity contribution is 4.41. The first-order valence-electron chi connectivity index (χ1n) is 4.17. The summed E-state index contributed by atoms with van der Waals surface area (Å²) in [5.41, 5.74) is 0. The van der Waals surface area contributed by atoms with Crippen LogP contribution in [-0.4, -0.2) is 19.2 Å². The second kappa shape index (κ2) is 6.58. The van der Waals surface area contributed by atoms with E-state index in [1.807, 2.05) is 13.8 Å². The molecule has 0 aliphatic rings. The summed E-state index contributed by atoms with van der Waals surface area (Å²) in [7, 11) is 0. The van der Waals surface area contributed by atoms with Crippen LogP contribution in [0, 0.1) is 0 Å². The molecule has 0 N–H and O–H groups in total. The molecule has 0 aliphatic heterocycles. The monoisotopic (exact) mass is 161 g/mol. The molecule has 2 unspecified atom stereocenters. The Morgan fingerprint density at radius 1 is 1.18 bits per heavy atom. The van der Waals surface area contributed by atoms with E-state index in [4.69, 9.17) is 9.47 Å². The highest BCUT2D eigenvalue weighted by Gasteiger charge is 2.11. The minimum absolute atomic E-state index is 0.317. The van der Waals surface area contributed by atoms with Gasteiger partial charge in [0, 0.05) is 6.61 Å². The molecule has 11 heavy (non-hydrogen) atoms. The summed E-state index contributed by atoms with van der Waals surface area (Å²) in [5.74, 6) is 0. The lowest BCUT2D eigenvalue weighted by Gasteiger charge is -2.17. The van der Waals surface area contributed by atoms with Crippen molar-refractivity contribution in [1.82, 2.24) is 0 Å². The normalized spacial score (nSPS) is 16.4. The lowest BCUT2D eigenvalue weighted by Crippen LogP contribution is -2.22. The van der Waals surface area contributed by atoms with E-state index in [2.05, 4.69) is 0 Å². The molecule has 0 spiro atoms. The molecule has 0 fully saturated rings. The van der Waals surface area contributed by atoms with E-state index in [-0.39, 0.29) is 6.29 Å². The first-order chi connectivity index (χ1) is 5.24.